The van der Waals surface area contributed by atoms with Crippen molar-refractivity contribution in [3.63, 3.8) is 0 Å². The molecule has 68 valence electrons. The Balaban J connectivity index is 2.21. The van der Waals surface area contributed by atoms with Crippen molar-refractivity contribution in [2.24, 2.45) is 0 Å². The Kier molecular flexibility index (Phi) is 2.32. The molecule has 0 radical (unpaired) electrons. The van der Waals surface area contributed by atoms with E-state index in [-0.39, 0.29) is 0 Å². The summed E-state index contributed by atoms with van der Waals surface area (Å²) in [6.07, 6.45) is 3.28. The highest BCUT2D eigenvalue weighted by Gasteiger charge is 2.03. The predicted octanol–water partition coefficient (Wildman–Crippen LogP) is 1.83. The molecule has 0 aliphatic carbocycles. The molecule has 0 spiro atoms. The Hall–Kier alpha value is -1.28. The highest BCUT2D eigenvalue weighted by Crippen LogP contribution is 2.10. The van der Waals surface area contributed by atoms with Crippen LogP contribution in [0, 0.1) is 6.92 Å². The highest BCUT2D eigenvalue weighted by atomic mass is 15.4. The van der Waals surface area contributed by atoms with Crippen LogP contribution in [-0.2, 0) is 0 Å². The molecule has 13 heavy (non-hydrogen) atoms. The summed E-state index contributed by atoms with van der Waals surface area (Å²) in [6.45, 7) is 3.14. The molecule has 2 rings (SSSR count). The lowest BCUT2D eigenvalue weighted by molar-refractivity contribution is 0.723. The van der Waals surface area contributed by atoms with Crippen molar-refractivity contribution >= 4 is 6.08 Å². The van der Waals surface area contributed by atoms with E-state index < -0.39 is 0 Å². The second-order valence-corrected chi connectivity index (χ2v) is 3.39. The van der Waals surface area contributed by atoms with Crippen LogP contribution in [-0.4, -0.2) is 6.54 Å². The summed E-state index contributed by atoms with van der Waals surface area (Å²) in [5.41, 5.74) is 10.1. The van der Waals surface area contributed by atoms with Gasteiger partial charge in [-0.15, -0.1) is 0 Å². The van der Waals surface area contributed by atoms with Crippen LogP contribution in [0.25, 0.3) is 6.08 Å². The van der Waals surface area contributed by atoms with Gasteiger partial charge in [0.1, 0.15) is 0 Å². The summed E-state index contributed by atoms with van der Waals surface area (Å²) in [5.74, 6) is 0. The zero-order valence-corrected chi connectivity index (χ0v) is 7.80. The van der Waals surface area contributed by atoms with Crippen LogP contribution in [0.5, 0.6) is 0 Å². The zero-order chi connectivity index (χ0) is 9.10. The van der Waals surface area contributed by atoms with Crippen molar-refractivity contribution < 1.29 is 0 Å². The summed E-state index contributed by atoms with van der Waals surface area (Å²) >= 11 is 0. The van der Waals surface area contributed by atoms with Gasteiger partial charge >= 0.3 is 0 Å². The third-order valence-corrected chi connectivity index (χ3v) is 2.15. The summed E-state index contributed by atoms with van der Waals surface area (Å²) < 4.78 is 0. The molecule has 1 heterocycles. The molecule has 1 aliphatic rings. The van der Waals surface area contributed by atoms with Gasteiger partial charge in [-0.2, -0.15) is 0 Å². The van der Waals surface area contributed by atoms with Crippen LogP contribution >= 0.6 is 0 Å². The van der Waals surface area contributed by atoms with Crippen molar-refractivity contribution in [3.8, 4) is 0 Å². The first-order valence-electron chi connectivity index (χ1n) is 4.61. The quantitative estimate of drug-likeness (QED) is 0.678. The lowest BCUT2D eigenvalue weighted by Crippen LogP contribution is -2.20. The first kappa shape index (κ1) is 8.32. The van der Waals surface area contributed by atoms with Crippen molar-refractivity contribution in [3.05, 3.63) is 41.1 Å². The smallest absolute Gasteiger partial charge is 0.0281 e. The number of rotatable bonds is 1. The van der Waals surface area contributed by atoms with Gasteiger partial charge in [-0.3, -0.25) is 0 Å². The van der Waals surface area contributed by atoms with Gasteiger partial charge in [0.15, 0.2) is 0 Å². The maximum Gasteiger partial charge on any atom is 0.0281 e. The monoisotopic (exact) mass is 174 g/mol. The summed E-state index contributed by atoms with van der Waals surface area (Å²) in [7, 11) is 0. The van der Waals surface area contributed by atoms with Gasteiger partial charge in [0.25, 0.3) is 0 Å². The second-order valence-electron chi connectivity index (χ2n) is 3.39. The molecule has 0 amide bonds. The average Bonchev–Trinajstić information content (AvgIpc) is 2.57. The fourth-order valence-corrected chi connectivity index (χ4v) is 1.51. The van der Waals surface area contributed by atoms with E-state index in [1.54, 1.807) is 0 Å². The first-order valence-corrected chi connectivity index (χ1v) is 4.61. The maximum absolute atomic E-state index is 3.14. The fourth-order valence-electron chi connectivity index (χ4n) is 1.51. The minimum absolute atomic E-state index is 1.03. The molecule has 1 aromatic rings. The lowest BCUT2D eigenvalue weighted by Gasteiger charge is -1.99. The number of hydrogen-bond donors (Lipinski definition) is 2. The van der Waals surface area contributed by atoms with E-state index in [4.69, 9.17) is 0 Å². The van der Waals surface area contributed by atoms with Gasteiger partial charge in [-0.25, -0.2) is 5.43 Å². The SMILES string of the molecule is Cc1cccc(C=C2CCNN2)c1. The Morgan fingerprint density at radius 1 is 1.38 bits per heavy atom. The van der Waals surface area contributed by atoms with Gasteiger partial charge in [0, 0.05) is 18.7 Å². The topological polar surface area (TPSA) is 24.1 Å². The summed E-state index contributed by atoms with van der Waals surface area (Å²) in [6, 6.07) is 8.51. The van der Waals surface area contributed by atoms with E-state index in [0.29, 0.717) is 0 Å². The predicted molar refractivity (Wildman–Crippen MR) is 54.9 cm³/mol. The molecule has 2 N–H and O–H groups in total. The maximum atomic E-state index is 3.14. The normalized spacial score (nSPS) is 19.0. The molecule has 0 aromatic heterocycles. The third-order valence-electron chi connectivity index (χ3n) is 2.15. The van der Waals surface area contributed by atoms with E-state index in [9.17, 15) is 0 Å². The van der Waals surface area contributed by atoms with E-state index in [2.05, 4.69) is 48.1 Å². The first-order chi connectivity index (χ1) is 6.34. The Morgan fingerprint density at radius 2 is 2.31 bits per heavy atom. The lowest BCUT2D eigenvalue weighted by atomic mass is 10.1. The number of aryl methyl sites for hydroxylation is 1. The van der Waals surface area contributed by atoms with Crippen LogP contribution in [0.4, 0.5) is 0 Å². The molecule has 0 unspecified atom stereocenters. The summed E-state index contributed by atoms with van der Waals surface area (Å²) in [4.78, 5) is 0. The number of hydrazine groups is 1. The van der Waals surface area contributed by atoms with Crippen molar-refractivity contribution in [1.82, 2.24) is 10.9 Å². The number of benzene rings is 1. The molecule has 2 heteroatoms. The van der Waals surface area contributed by atoms with E-state index in [1.165, 1.54) is 16.8 Å². The third kappa shape index (κ3) is 2.10. The molecule has 0 bridgehead atoms. The molecule has 1 saturated heterocycles. The van der Waals surface area contributed by atoms with Crippen LogP contribution in [0.15, 0.2) is 30.0 Å². The van der Waals surface area contributed by atoms with Gasteiger partial charge < -0.3 is 5.43 Å². The minimum atomic E-state index is 1.03. The van der Waals surface area contributed by atoms with E-state index in [1.807, 2.05) is 0 Å². The standard InChI is InChI=1S/C11H14N2/c1-9-3-2-4-10(7-9)8-11-5-6-12-13-11/h2-4,7-8,12-13H,5-6H2,1H3. The van der Waals surface area contributed by atoms with Crippen molar-refractivity contribution in [2.75, 3.05) is 6.54 Å². The Labute approximate surface area is 78.6 Å². The number of nitrogens with one attached hydrogen (secondary N) is 2. The molecular formula is C11H14N2. The van der Waals surface area contributed by atoms with E-state index >= 15 is 0 Å². The largest absolute Gasteiger partial charge is 0.326 e. The molecule has 0 atom stereocenters. The van der Waals surface area contributed by atoms with Crippen molar-refractivity contribution in [2.45, 2.75) is 13.3 Å². The zero-order valence-electron chi connectivity index (χ0n) is 7.80. The molecular weight excluding hydrogens is 160 g/mol. The van der Waals surface area contributed by atoms with E-state index in [0.717, 1.165) is 13.0 Å². The van der Waals surface area contributed by atoms with Crippen LogP contribution in [0.3, 0.4) is 0 Å². The van der Waals surface area contributed by atoms with Crippen LogP contribution < -0.4 is 10.9 Å². The Morgan fingerprint density at radius 3 is 3.00 bits per heavy atom. The molecule has 1 aliphatic heterocycles. The molecule has 1 fully saturated rings. The molecule has 1 aromatic carbocycles. The fraction of sp³-hybridized carbons (Fsp3) is 0.273. The van der Waals surface area contributed by atoms with Gasteiger partial charge in [-0.1, -0.05) is 29.8 Å². The van der Waals surface area contributed by atoms with Gasteiger partial charge in [0.05, 0.1) is 0 Å². The van der Waals surface area contributed by atoms with Crippen LogP contribution in [0.1, 0.15) is 17.5 Å². The molecule has 2 nitrogen and oxygen atoms in total. The average molecular weight is 174 g/mol. The number of hydrogen-bond acceptors (Lipinski definition) is 2. The van der Waals surface area contributed by atoms with Crippen molar-refractivity contribution in [1.29, 1.82) is 0 Å². The van der Waals surface area contributed by atoms with Gasteiger partial charge in [-0.05, 0) is 18.6 Å². The molecule has 0 saturated carbocycles. The highest BCUT2D eigenvalue weighted by molar-refractivity contribution is 5.53. The minimum Gasteiger partial charge on any atom is -0.326 e. The van der Waals surface area contributed by atoms with Crippen LogP contribution in [0.2, 0.25) is 0 Å². The Bertz CT molecular complexity index is 321. The second kappa shape index (κ2) is 3.62. The summed E-state index contributed by atoms with van der Waals surface area (Å²) in [5, 5.41) is 0. The van der Waals surface area contributed by atoms with Gasteiger partial charge in [0.2, 0.25) is 0 Å².